The molecule has 96 valence electrons. The van der Waals surface area contributed by atoms with Crippen molar-refractivity contribution in [1.29, 1.82) is 0 Å². The number of hydrogen-bond donors (Lipinski definition) is 1. The molecule has 1 N–H and O–H groups in total. The van der Waals surface area contributed by atoms with E-state index in [1.165, 1.54) is 11.1 Å². The number of hydrogen-bond acceptors (Lipinski definition) is 2. The highest BCUT2D eigenvalue weighted by Crippen LogP contribution is 2.27. The molecule has 0 aliphatic heterocycles. The zero-order valence-electron chi connectivity index (χ0n) is 10.7. The standard InChI is InChI=1S/C15H18ClNO/c1-3-8-17-15(14-7-9-18-11(14)2)12-5-4-6-13(16)10-12/h4-7,9-10,15,17H,3,8H2,1-2H3. The van der Waals surface area contributed by atoms with Gasteiger partial charge in [-0.3, -0.25) is 0 Å². The number of benzene rings is 1. The molecule has 0 aliphatic rings. The van der Waals surface area contributed by atoms with E-state index in [4.69, 9.17) is 16.0 Å². The van der Waals surface area contributed by atoms with Gasteiger partial charge >= 0.3 is 0 Å². The fourth-order valence-corrected chi connectivity index (χ4v) is 2.28. The summed E-state index contributed by atoms with van der Waals surface area (Å²) >= 11 is 6.07. The van der Waals surface area contributed by atoms with Crippen LogP contribution in [0.5, 0.6) is 0 Å². The van der Waals surface area contributed by atoms with Gasteiger partial charge in [-0.05, 0) is 43.7 Å². The van der Waals surface area contributed by atoms with Gasteiger partial charge in [-0.15, -0.1) is 0 Å². The van der Waals surface area contributed by atoms with E-state index in [0.29, 0.717) is 0 Å². The molecule has 1 aromatic carbocycles. The highest BCUT2D eigenvalue weighted by atomic mass is 35.5. The first-order valence-electron chi connectivity index (χ1n) is 6.25. The fourth-order valence-electron chi connectivity index (χ4n) is 2.08. The van der Waals surface area contributed by atoms with Crippen LogP contribution in [0.25, 0.3) is 0 Å². The second-order valence-electron chi connectivity index (χ2n) is 4.37. The molecule has 1 unspecified atom stereocenters. The van der Waals surface area contributed by atoms with E-state index in [9.17, 15) is 0 Å². The molecular formula is C15H18ClNO. The molecule has 0 amide bonds. The molecule has 3 heteroatoms. The molecule has 1 atom stereocenters. The average Bonchev–Trinajstić information content (AvgIpc) is 2.77. The number of aryl methyl sites for hydroxylation is 1. The number of nitrogens with one attached hydrogen (secondary N) is 1. The Kier molecular flexibility index (Phi) is 4.45. The zero-order valence-corrected chi connectivity index (χ0v) is 11.5. The summed E-state index contributed by atoms with van der Waals surface area (Å²) in [5.74, 6) is 0.948. The molecule has 0 bridgehead atoms. The Hall–Kier alpha value is -1.25. The molecule has 0 spiro atoms. The summed E-state index contributed by atoms with van der Waals surface area (Å²) in [6.07, 6.45) is 2.82. The van der Waals surface area contributed by atoms with E-state index in [-0.39, 0.29) is 6.04 Å². The Bertz CT molecular complexity index is 507. The van der Waals surface area contributed by atoms with Crippen molar-refractivity contribution >= 4 is 11.6 Å². The zero-order chi connectivity index (χ0) is 13.0. The number of rotatable bonds is 5. The quantitative estimate of drug-likeness (QED) is 0.869. The van der Waals surface area contributed by atoms with Gasteiger partial charge in [0.25, 0.3) is 0 Å². The molecule has 0 aliphatic carbocycles. The Balaban J connectivity index is 2.33. The summed E-state index contributed by atoms with van der Waals surface area (Å²) in [5.41, 5.74) is 2.34. The van der Waals surface area contributed by atoms with Crippen LogP contribution in [0, 0.1) is 6.92 Å². The van der Waals surface area contributed by atoms with Gasteiger partial charge in [0.2, 0.25) is 0 Å². The van der Waals surface area contributed by atoms with Crippen LogP contribution in [0.3, 0.4) is 0 Å². The van der Waals surface area contributed by atoms with Crippen molar-refractivity contribution in [1.82, 2.24) is 5.32 Å². The van der Waals surface area contributed by atoms with Gasteiger partial charge in [-0.1, -0.05) is 30.7 Å². The molecule has 0 saturated heterocycles. The summed E-state index contributed by atoms with van der Waals surface area (Å²) in [4.78, 5) is 0. The molecular weight excluding hydrogens is 246 g/mol. The first kappa shape index (κ1) is 13.2. The lowest BCUT2D eigenvalue weighted by atomic mass is 9.99. The van der Waals surface area contributed by atoms with Crippen LogP contribution in [-0.4, -0.2) is 6.54 Å². The normalized spacial score (nSPS) is 12.6. The maximum absolute atomic E-state index is 6.07. The van der Waals surface area contributed by atoms with Gasteiger partial charge in [-0.25, -0.2) is 0 Å². The van der Waals surface area contributed by atoms with E-state index in [1.807, 2.05) is 31.2 Å². The lowest BCUT2D eigenvalue weighted by molar-refractivity contribution is 0.517. The third-order valence-electron chi connectivity index (χ3n) is 2.99. The maximum atomic E-state index is 6.07. The summed E-state index contributed by atoms with van der Waals surface area (Å²) in [6.45, 7) is 5.10. The lowest BCUT2D eigenvalue weighted by Crippen LogP contribution is -2.23. The van der Waals surface area contributed by atoms with E-state index < -0.39 is 0 Å². The van der Waals surface area contributed by atoms with Crippen LogP contribution < -0.4 is 5.32 Å². The molecule has 18 heavy (non-hydrogen) atoms. The molecule has 0 saturated carbocycles. The summed E-state index contributed by atoms with van der Waals surface area (Å²) in [6, 6.07) is 10.1. The predicted octanol–water partition coefficient (Wildman–Crippen LogP) is 4.33. The second kappa shape index (κ2) is 6.07. The SMILES string of the molecule is CCCNC(c1cccc(Cl)c1)c1ccoc1C. The van der Waals surface area contributed by atoms with Crippen LogP contribution >= 0.6 is 11.6 Å². The fraction of sp³-hybridized carbons (Fsp3) is 0.333. The third kappa shape index (κ3) is 2.95. The lowest BCUT2D eigenvalue weighted by Gasteiger charge is -2.19. The van der Waals surface area contributed by atoms with Gasteiger partial charge < -0.3 is 9.73 Å². The predicted molar refractivity (Wildman–Crippen MR) is 75.0 cm³/mol. The number of furan rings is 1. The van der Waals surface area contributed by atoms with Crippen LogP contribution in [-0.2, 0) is 0 Å². The minimum Gasteiger partial charge on any atom is -0.469 e. The first-order valence-corrected chi connectivity index (χ1v) is 6.63. The van der Waals surface area contributed by atoms with Gasteiger partial charge in [0.15, 0.2) is 0 Å². The van der Waals surface area contributed by atoms with Crippen LogP contribution in [0.4, 0.5) is 0 Å². The Morgan fingerprint density at radius 1 is 1.33 bits per heavy atom. The third-order valence-corrected chi connectivity index (χ3v) is 3.23. The van der Waals surface area contributed by atoms with Crippen molar-refractivity contribution < 1.29 is 4.42 Å². The van der Waals surface area contributed by atoms with Crippen LogP contribution in [0.1, 0.15) is 36.3 Å². The highest BCUT2D eigenvalue weighted by molar-refractivity contribution is 6.30. The van der Waals surface area contributed by atoms with Crippen molar-refractivity contribution in [2.24, 2.45) is 0 Å². The number of halogens is 1. The molecule has 2 aromatic rings. The van der Waals surface area contributed by atoms with Crippen molar-refractivity contribution in [3.05, 3.63) is 58.5 Å². The molecule has 2 nitrogen and oxygen atoms in total. The summed E-state index contributed by atoms with van der Waals surface area (Å²) < 4.78 is 5.40. The second-order valence-corrected chi connectivity index (χ2v) is 4.81. The summed E-state index contributed by atoms with van der Waals surface area (Å²) in [7, 11) is 0. The average molecular weight is 264 g/mol. The van der Waals surface area contributed by atoms with Crippen molar-refractivity contribution in [3.63, 3.8) is 0 Å². The topological polar surface area (TPSA) is 25.2 Å². The largest absolute Gasteiger partial charge is 0.469 e. The Labute approximate surface area is 113 Å². The molecule has 0 radical (unpaired) electrons. The van der Waals surface area contributed by atoms with E-state index in [2.05, 4.69) is 18.3 Å². The van der Waals surface area contributed by atoms with Gasteiger partial charge in [0.05, 0.1) is 12.3 Å². The minimum atomic E-state index is 0.141. The summed E-state index contributed by atoms with van der Waals surface area (Å²) in [5, 5.41) is 4.30. The minimum absolute atomic E-state index is 0.141. The smallest absolute Gasteiger partial charge is 0.105 e. The van der Waals surface area contributed by atoms with Crippen LogP contribution in [0.2, 0.25) is 5.02 Å². The van der Waals surface area contributed by atoms with E-state index in [0.717, 1.165) is 23.7 Å². The maximum Gasteiger partial charge on any atom is 0.105 e. The molecule has 1 heterocycles. The molecule has 2 rings (SSSR count). The van der Waals surface area contributed by atoms with E-state index in [1.54, 1.807) is 6.26 Å². The highest BCUT2D eigenvalue weighted by Gasteiger charge is 2.17. The first-order chi connectivity index (χ1) is 8.72. The van der Waals surface area contributed by atoms with Crippen molar-refractivity contribution in [2.45, 2.75) is 26.3 Å². The van der Waals surface area contributed by atoms with Crippen LogP contribution in [0.15, 0.2) is 41.0 Å². The Morgan fingerprint density at radius 2 is 2.17 bits per heavy atom. The molecule has 1 aromatic heterocycles. The molecule has 0 fully saturated rings. The monoisotopic (exact) mass is 263 g/mol. The van der Waals surface area contributed by atoms with Crippen molar-refractivity contribution in [2.75, 3.05) is 6.54 Å². The Morgan fingerprint density at radius 3 is 2.78 bits per heavy atom. The van der Waals surface area contributed by atoms with Gasteiger partial charge in [-0.2, -0.15) is 0 Å². The van der Waals surface area contributed by atoms with E-state index >= 15 is 0 Å². The van der Waals surface area contributed by atoms with Crippen molar-refractivity contribution in [3.8, 4) is 0 Å². The van der Waals surface area contributed by atoms with Gasteiger partial charge in [0, 0.05) is 10.6 Å². The van der Waals surface area contributed by atoms with Gasteiger partial charge in [0.1, 0.15) is 5.76 Å².